The number of hydrogen-bond donors (Lipinski definition) is 5. The Kier molecular flexibility index (Phi) is 5.43. The molecule has 1 fully saturated rings. The van der Waals surface area contributed by atoms with E-state index in [1.54, 1.807) is 37.3 Å². The fourth-order valence-electron chi connectivity index (χ4n) is 7.03. The minimum atomic E-state index is -1.21. The SMILES string of the molecule is C[C@@H](O)[C@@]12C[C@]13c1cc(O)c4c(c1N[C@H]2C#C/C=C\C#C[C@H]3O)C(=O)c1cc(CNc2ccccc2)ccc1C4=O. The van der Waals surface area contributed by atoms with Crippen LogP contribution in [0.4, 0.5) is 11.4 Å². The van der Waals surface area contributed by atoms with Crippen molar-refractivity contribution in [1.29, 1.82) is 0 Å². The molecule has 7 nitrogen and oxygen atoms in total. The van der Waals surface area contributed by atoms with Crippen LogP contribution in [-0.4, -0.2) is 45.1 Å². The first-order chi connectivity index (χ1) is 19.8. The van der Waals surface area contributed by atoms with Gasteiger partial charge in [0, 0.05) is 34.2 Å². The normalized spacial score (nSPS) is 27.6. The topological polar surface area (TPSA) is 119 Å². The quantitative estimate of drug-likeness (QED) is 0.198. The number of anilines is 2. The van der Waals surface area contributed by atoms with Crippen molar-refractivity contribution < 1.29 is 24.9 Å². The van der Waals surface area contributed by atoms with E-state index in [9.17, 15) is 24.9 Å². The number of hydrogen-bond acceptors (Lipinski definition) is 7. The zero-order valence-electron chi connectivity index (χ0n) is 22.2. The molecule has 1 saturated carbocycles. The van der Waals surface area contributed by atoms with E-state index in [1.165, 1.54) is 6.07 Å². The molecule has 202 valence electrons. The molecule has 1 heterocycles. The summed E-state index contributed by atoms with van der Waals surface area (Å²) < 4.78 is 0. The van der Waals surface area contributed by atoms with Crippen molar-refractivity contribution in [3.05, 3.63) is 100 Å². The molecule has 0 spiro atoms. The molecule has 5 atom stereocenters. The lowest BCUT2D eigenvalue weighted by atomic mass is 9.69. The summed E-state index contributed by atoms with van der Waals surface area (Å²) >= 11 is 0. The molecule has 7 rings (SSSR count). The van der Waals surface area contributed by atoms with Gasteiger partial charge in [0.25, 0.3) is 0 Å². The Bertz CT molecular complexity index is 1820. The highest BCUT2D eigenvalue weighted by atomic mass is 16.3. The number of ketones is 2. The predicted octanol–water partition coefficient (Wildman–Crippen LogP) is 3.52. The van der Waals surface area contributed by atoms with E-state index in [2.05, 4.69) is 34.3 Å². The van der Waals surface area contributed by atoms with Crippen molar-refractivity contribution >= 4 is 22.9 Å². The number of rotatable bonds is 4. The lowest BCUT2D eigenvalue weighted by Gasteiger charge is -2.42. The second-order valence-electron chi connectivity index (χ2n) is 11.1. The molecule has 3 aliphatic carbocycles. The first kappa shape index (κ1) is 25.2. The number of para-hydroxylation sites is 1. The van der Waals surface area contributed by atoms with E-state index in [0.29, 0.717) is 24.2 Å². The van der Waals surface area contributed by atoms with Crippen LogP contribution in [0.2, 0.25) is 0 Å². The number of nitrogens with one attached hydrogen (secondary N) is 2. The minimum Gasteiger partial charge on any atom is -0.507 e. The summed E-state index contributed by atoms with van der Waals surface area (Å²) in [5.41, 5.74) is 0.952. The number of phenols is 1. The monoisotopic (exact) mass is 542 g/mol. The molecule has 0 aromatic heterocycles. The molecule has 3 aromatic carbocycles. The summed E-state index contributed by atoms with van der Waals surface area (Å²) in [7, 11) is 0. The fourth-order valence-corrected chi connectivity index (χ4v) is 7.03. The Balaban J connectivity index is 1.38. The Morgan fingerprint density at radius 2 is 1.73 bits per heavy atom. The summed E-state index contributed by atoms with van der Waals surface area (Å²) in [6, 6.07) is 15.6. The molecule has 0 saturated heterocycles. The maximum Gasteiger partial charge on any atom is 0.198 e. The number of aliphatic hydroxyl groups is 2. The molecular formula is C34H26N2O5. The predicted molar refractivity (Wildman–Crippen MR) is 154 cm³/mol. The van der Waals surface area contributed by atoms with Gasteiger partial charge in [-0.1, -0.05) is 47.9 Å². The Morgan fingerprint density at radius 1 is 1.00 bits per heavy atom. The van der Waals surface area contributed by atoms with Gasteiger partial charge in [-0.3, -0.25) is 9.59 Å². The molecule has 0 amide bonds. The summed E-state index contributed by atoms with van der Waals surface area (Å²) in [6.45, 7) is 2.09. The van der Waals surface area contributed by atoms with Gasteiger partial charge in [-0.25, -0.2) is 0 Å². The van der Waals surface area contributed by atoms with Crippen molar-refractivity contribution in [3.63, 3.8) is 0 Å². The number of aliphatic hydroxyl groups excluding tert-OH is 2. The van der Waals surface area contributed by atoms with Crippen LogP contribution >= 0.6 is 0 Å². The lowest BCUT2D eigenvalue weighted by Crippen LogP contribution is -2.50. The van der Waals surface area contributed by atoms with Crippen LogP contribution in [0.5, 0.6) is 5.75 Å². The van der Waals surface area contributed by atoms with E-state index in [4.69, 9.17) is 0 Å². The molecule has 1 aliphatic heterocycles. The third-order valence-electron chi connectivity index (χ3n) is 9.08. The van der Waals surface area contributed by atoms with Crippen LogP contribution in [0.15, 0.2) is 66.7 Å². The molecule has 7 heteroatoms. The van der Waals surface area contributed by atoms with Gasteiger partial charge in [0.05, 0.1) is 29.0 Å². The van der Waals surface area contributed by atoms with E-state index in [1.807, 2.05) is 30.3 Å². The third-order valence-corrected chi connectivity index (χ3v) is 9.08. The van der Waals surface area contributed by atoms with Crippen LogP contribution in [0, 0.1) is 29.1 Å². The summed E-state index contributed by atoms with van der Waals surface area (Å²) in [5, 5.41) is 40.3. The summed E-state index contributed by atoms with van der Waals surface area (Å²) in [4.78, 5) is 27.9. The fraction of sp³-hybridized carbons (Fsp3) is 0.235. The first-order valence-electron chi connectivity index (χ1n) is 13.5. The molecule has 2 bridgehead atoms. The first-order valence-corrected chi connectivity index (χ1v) is 13.5. The van der Waals surface area contributed by atoms with Gasteiger partial charge >= 0.3 is 0 Å². The van der Waals surface area contributed by atoms with Gasteiger partial charge in [-0.05, 0) is 67.0 Å². The third kappa shape index (κ3) is 3.37. The van der Waals surface area contributed by atoms with Gasteiger partial charge < -0.3 is 26.0 Å². The zero-order valence-corrected chi connectivity index (χ0v) is 22.2. The number of carbonyl (C=O) groups excluding carboxylic acids is 2. The smallest absolute Gasteiger partial charge is 0.198 e. The minimum absolute atomic E-state index is 0.0516. The van der Waals surface area contributed by atoms with Crippen molar-refractivity contribution in [2.75, 3.05) is 10.6 Å². The zero-order chi connectivity index (χ0) is 28.5. The summed E-state index contributed by atoms with van der Waals surface area (Å²) in [5.74, 6) is 10.6. The van der Waals surface area contributed by atoms with Gasteiger partial charge in [0.15, 0.2) is 11.6 Å². The largest absolute Gasteiger partial charge is 0.507 e. The Morgan fingerprint density at radius 3 is 2.49 bits per heavy atom. The number of benzene rings is 3. The molecule has 3 aromatic rings. The highest BCUT2D eigenvalue weighted by Gasteiger charge is 2.79. The maximum atomic E-state index is 14.2. The highest BCUT2D eigenvalue weighted by molar-refractivity contribution is 6.31. The van der Waals surface area contributed by atoms with Crippen molar-refractivity contribution in [2.24, 2.45) is 5.41 Å². The average molecular weight is 543 g/mol. The number of aromatic hydroxyl groups is 1. The van der Waals surface area contributed by atoms with Crippen LogP contribution in [-0.2, 0) is 12.0 Å². The number of carbonyl (C=O) groups is 2. The van der Waals surface area contributed by atoms with Crippen LogP contribution in [0.25, 0.3) is 0 Å². The Labute approximate surface area is 236 Å². The highest BCUT2D eigenvalue weighted by Crippen LogP contribution is 2.74. The van der Waals surface area contributed by atoms with Crippen molar-refractivity contribution in [2.45, 2.75) is 43.6 Å². The second-order valence-corrected chi connectivity index (χ2v) is 11.1. The van der Waals surface area contributed by atoms with Crippen LogP contribution in [0.1, 0.15) is 56.3 Å². The van der Waals surface area contributed by atoms with E-state index in [0.717, 1.165) is 11.3 Å². The van der Waals surface area contributed by atoms with E-state index < -0.39 is 40.6 Å². The van der Waals surface area contributed by atoms with E-state index >= 15 is 0 Å². The Hall–Kier alpha value is -4.82. The molecule has 41 heavy (non-hydrogen) atoms. The summed E-state index contributed by atoms with van der Waals surface area (Å²) in [6.07, 6.45) is 1.36. The van der Waals surface area contributed by atoms with E-state index in [-0.39, 0.29) is 28.0 Å². The van der Waals surface area contributed by atoms with Crippen LogP contribution in [0.3, 0.4) is 0 Å². The van der Waals surface area contributed by atoms with Crippen molar-refractivity contribution in [1.82, 2.24) is 0 Å². The molecular weight excluding hydrogens is 516 g/mol. The van der Waals surface area contributed by atoms with Crippen molar-refractivity contribution in [3.8, 4) is 29.4 Å². The molecule has 4 aliphatic rings. The number of allylic oxidation sites excluding steroid dienone is 2. The average Bonchev–Trinajstić information content (AvgIpc) is 3.71. The maximum absolute atomic E-state index is 14.2. The molecule has 5 N–H and O–H groups in total. The second kappa shape index (κ2) is 8.84. The molecule has 0 unspecified atom stereocenters. The van der Waals surface area contributed by atoms with Gasteiger partial charge in [-0.15, -0.1) is 0 Å². The standard InChI is InChI=1S/C34H26N2O5/c1-19(37)33-18-34(33)24-16-25(38)28-29(30(24)36-26(33)11-7-2-3-8-12-27(34)39)32(41)23-15-20(13-14-22(23)31(28)40)17-35-21-9-5-4-6-10-21/h2-6,9-10,13-16,19,26-27,35-39H,17-18H2,1H3/b3-2-/t19-,26+,27-,33-,34-/m1/s1. The van der Waals surface area contributed by atoms with Crippen LogP contribution < -0.4 is 10.6 Å². The van der Waals surface area contributed by atoms with Gasteiger partial charge in [-0.2, -0.15) is 0 Å². The van der Waals surface area contributed by atoms with Gasteiger partial charge in [0.1, 0.15) is 11.9 Å². The molecule has 0 radical (unpaired) electrons. The number of phenolic OH excluding ortho intramolecular Hbond substituents is 1. The number of fused-ring (bicyclic) bond motifs is 4. The van der Waals surface area contributed by atoms with Gasteiger partial charge in [0.2, 0.25) is 0 Å². The lowest BCUT2D eigenvalue weighted by molar-refractivity contribution is 0.0603.